The molecule has 158 valence electrons. The van der Waals surface area contributed by atoms with Gasteiger partial charge in [-0.25, -0.2) is 19.7 Å². The van der Waals surface area contributed by atoms with Gasteiger partial charge in [0.05, 0.1) is 25.6 Å². The second-order valence-electron chi connectivity index (χ2n) is 6.34. The molecule has 0 aliphatic heterocycles. The van der Waals surface area contributed by atoms with Gasteiger partial charge in [-0.1, -0.05) is 6.92 Å². The standard InChI is InChI=1S/C12H20N6O2.C5H6N2O2/c1-2-17(3-4-19)5-9(20)6-18-8-16-12-10(18)11(13)14-7-15-12;1-3-2-4(5(8)9)7-6-3/h7-9,19-20H,2-6H2,1H3,(H2,13,14,15);2H,1H3,(H,6,7)(H,8,9). The number of aromatic amines is 1. The average molecular weight is 406 g/mol. The molecular weight excluding hydrogens is 380 g/mol. The summed E-state index contributed by atoms with van der Waals surface area (Å²) in [4.78, 5) is 24.2. The lowest BCUT2D eigenvalue weighted by Gasteiger charge is -2.22. The fraction of sp³-hybridized carbons (Fsp3) is 0.471. The molecule has 0 saturated carbocycles. The molecule has 0 radical (unpaired) electrons. The van der Waals surface area contributed by atoms with Gasteiger partial charge in [-0.15, -0.1) is 0 Å². The molecule has 1 atom stereocenters. The predicted octanol–water partition coefficient (Wildman–Crippen LogP) is -0.500. The molecule has 3 aromatic rings. The minimum atomic E-state index is -1.00. The van der Waals surface area contributed by atoms with Crippen molar-refractivity contribution >= 4 is 23.0 Å². The van der Waals surface area contributed by atoms with Crippen LogP contribution in [0.5, 0.6) is 0 Å². The van der Waals surface area contributed by atoms with Gasteiger partial charge in [0.25, 0.3) is 0 Å². The first-order chi connectivity index (χ1) is 13.8. The van der Waals surface area contributed by atoms with Crippen molar-refractivity contribution in [2.75, 3.05) is 32.0 Å². The molecule has 1 unspecified atom stereocenters. The normalized spacial score (nSPS) is 12.0. The maximum atomic E-state index is 10.1. The monoisotopic (exact) mass is 406 g/mol. The number of hydrogen-bond acceptors (Lipinski definition) is 9. The maximum absolute atomic E-state index is 10.1. The number of carboxylic acids is 1. The third-order valence-electron chi connectivity index (χ3n) is 4.10. The van der Waals surface area contributed by atoms with Crippen LogP contribution in [-0.4, -0.2) is 88.3 Å². The van der Waals surface area contributed by atoms with Gasteiger partial charge in [-0.3, -0.25) is 10.00 Å². The summed E-state index contributed by atoms with van der Waals surface area (Å²) in [5.41, 5.74) is 7.79. The van der Waals surface area contributed by atoms with Crippen LogP contribution in [0.1, 0.15) is 23.1 Å². The van der Waals surface area contributed by atoms with Crippen molar-refractivity contribution in [3.63, 3.8) is 0 Å². The van der Waals surface area contributed by atoms with E-state index in [0.717, 1.165) is 12.2 Å². The largest absolute Gasteiger partial charge is 0.476 e. The lowest BCUT2D eigenvalue weighted by atomic mass is 10.3. The lowest BCUT2D eigenvalue weighted by molar-refractivity contribution is 0.0690. The van der Waals surface area contributed by atoms with Gasteiger partial charge >= 0.3 is 5.97 Å². The lowest BCUT2D eigenvalue weighted by Crippen LogP contribution is -2.36. The van der Waals surface area contributed by atoms with Gasteiger partial charge in [0.1, 0.15) is 11.8 Å². The molecule has 12 heteroatoms. The van der Waals surface area contributed by atoms with E-state index in [0.29, 0.717) is 36.6 Å². The SMILES string of the molecule is CCN(CCO)CC(O)Cn1cnc2ncnc(N)c21.Cc1cc(C(=O)O)n[nH]1. The van der Waals surface area contributed by atoms with Crippen LogP contribution in [0.15, 0.2) is 18.7 Å². The molecular formula is C17H26N8O4. The number of aryl methyl sites for hydroxylation is 1. The number of carbonyl (C=O) groups is 1. The molecule has 0 aliphatic carbocycles. The summed E-state index contributed by atoms with van der Waals surface area (Å²) in [6, 6.07) is 1.47. The van der Waals surface area contributed by atoms with Crippen LogP contribution < -0.4 is 5.73 Å². The number of H-pyrrole nitrogens is 1. The number of nitrogens with two attached hydrogens (primary N) is 1. The van der Waals surface area contributed by atoms with Crippen molar-refractivity contribution in [3.05, 3.63) is 30.1 Å². The van der Waals surface area contributed by atoms with Crippen LogP contribution in [0.4, 0.5) is 5.82 Å². The number of aliphatic hydroxyl groups excluding tert-OH is 2. The van der Waals surface area contributed by atoms with Crippen molar-refractivity contribution in [2.24, 2.45) is 0 Å². The van der Waals surface area contributed by atoms with E-state index in [1.165, 1.54) is 12.4 Å². The number of likely N-dealkylation sites (N-methyl/N-ethyl adjacent to an activating group) is 1. The number of fused-ring (bicyclic) bond motifs is 1. The Kier molecular flexibility index (Phi) is 8.00. The summed E-state index contributed by atoms with van der Waals surface area (Å²) in [7, 11) is 0. The van der Waals surface area contributed by atoms with Crippen molar-refractivity contribution < 1.29 is 20.1 Å². The molecule has 3 rings (SSSR count). The Labute approximate surface area is 167 Å². The number of aliphatic hydroxyl groups is 2. The molecule has 0 fully saturated rings. The van der Waals surface area contributed by atoms with Gasteiger partial charge in [0.2, 0.25) is 0 Å². The maximum Gasteiger partial charge on any atom is 0.356 e. The number of carboxylic acid groups (broad SMARTS) is 1. The van der Waals surface area contributed by atoms with E-state index >= 15 is 0 Å². The first-order valence-electron chi connectivity index (χ1n) is 9.03. The Bertz CT molecular complexity index is 925. The molecule has 0 amide bonds. The number of imidazole rings is 1. The van der Waals surface area contributed by atoms with Crippen LogP contribution >= 0.6 is 0 Å². The second kappa shape index (κ2) is 10.5. The average Bonchev–Trinajstić information content (AvgIpc) is 3.29. The highest BCUT2D eigenvalue weighted by atomic mass is 16.4. The summed E-state index contributed by atoms with van der Waals surface area (Å²) in [5.74, 6) is -0.651. The van der Waals surface area contributed by atoms with Crippen LogP contribution in [0.3, 0.4) is 0 Å². The molecule has 29 heavy (non-hydrogen) atoms. The minimum absolute atomic E-state index is 0.0625. The molecule has 12 nitrogen and oxygen atoms in total. The van der Waals surface area contributed by atoms with Gasteiger partial charge < -0.3 is 25.6 Å². The van der Waals surface area contributed by atoms with E-state index in [-0.39, 0.29) is 12.3 Å². The van der Waals surface area contributed by atoms with Crippen LogP contribution in [0.25, 0.3) is 11.2 Å². The van der Waals surface area contributed by atoms with E-state index in [1.54, 1.807) is 17.8 Å². The smallest absolute Gasteiger partial charge is 0.356 e. The van der Waals surface area contributed by atoms with Crippen molar-refractivity contribution in [3.8, 4) is 0 Å². The zero-order chi connectivity index (χ0) is 21.4. The third kappa shape index (κ3) is 6.20. The zero-order valence-corrected chi connectivity index (χ0v) is 16.4. The summed E-state index contributed by atoms with van der Waals surface area (Å²) in [5, 5.41) is 33.4. The second-order valence-corrected chi connectivity index (χ2v) is 6.34. The first kappa shape index (κ1) is 22.2. The number of rotatable bonds is 8. The number of aromatic nitrogens is 6. The summed E-state index contributed by atoms with van der Waals surface area (Å²) < 4.78 is 1.75. The Morgan fingerprint density at radius 1 is 1.38 bits per heavy atom. The molecule has 3 aromatic heterocycles. The Hall–Kier alpha value is -3.09. The number of nitrogens with one attached hydrogen (secondary N) is 1. The molecule has 3 heterocycles. The Morgan fingerprint density at radius 3 is 2.69 bits per heavy atom. The summed E-state index contributed by atoms with van der Waals surface area (Å²) >= 11 is 0. The number of hydrogen-bond donors (Lipinski definition) is 5. The third-order valence-corrected chi connectivity index (χ3v) is 4.10. The van der Waals surface area contributed by atoms with E-state index in [1.807, 2.05) is 11.8 Å². The molecule has 6 N–H and O–H groups in total. The first-order valence-corrected chi connectivity index (χ1v) is 9.03. The van der Waals surface area contributed by atoms with Gasteiger partial charge in [-0.2, -0.15) is 5.10 Å². The van der Waals surface area contributed by atoms with Crippen LogP contribution in [-0.2, 0) is 6.54 Å². The zero-order valence-electron chi connectivity index (χ0n) is 16.4. The number of nitrogen functional groups attached to an aromatic ring is 1. The molecule has 0 aromatic carbocycles. The minimum Gasteiger partial charge on any atom is -0.476 e. The number of anilines is 1. The van der Waals surface area contributed by atoms with E-state index < -0.39 is 12.1 Å². The fourth-order valence-corrected chi connectivity index (χ4v) is 2.70. The molecule has 0 aliphatic rings. The van der Waals surface area contributed by atoms with Gasteiger partial charge in [-0.05, 0) is 19.5 Å². The highest BCUT2D eigenvalue weighted by Gasteiger charge is 2.14. The highest BCUT2D eigenvalue weighted by molar-refractivity contribution is 5.85. The predicted molar refractivity (Wildman–Crippen MR) is 105 cm³/mol. The van der Waals surface area contributed by atoms with Gasteiger partial charge in [0.15, 0.2) is 17.2 Å². The Balaban J connectivity index is 0.000000278. The molecule has 0 bridgehead atoms. The summed E-state index contributed by atoms with van der Waals surface area (Å²) in [6.07, 6.45) is 2.38. The van der Waals surface area contributed by atoms with Crippen LogP contribution in [0.2, 0.25) is 0 Å². The highest BCUT2D eigenvalue weighted by Crippen LogP contribution is 2.15. The fourth-order valence-electron chi connectivity index (χ4n) is 2.70. The van der Waals surface area contributed by atoms with Crippen LogP contribution in [0, 0.1) is 6.92 Å². The number of aromatic carboxylic acids is 1. The van der Waals surface area contributed by atoms with E-state index in [9.17, 15) is 9.90 Å². The number of nitrogens with zero attached hydrogens (tertiary/aromatic N) is 6. The van der Waals surface area contributed by atoms with E-state index in [2.05, 4.69) is 25.1 Å². The summed E-state index contributed by atoms with van der Waals surface area (Å²) in [6.45, 7) is 5.97. The quantitative estimate of drug-likeness (QED) is 0.327. The van der Waals surface area contributed by atoms with Crippen molar-refractivity contribution in [1.82, 2.24) is 34.6 Å². The topological polar surface area (TPSA) is 179 Å². The molecule has 0 spiro atoms. The van der Waals surface area contributed by atoms with Gasteiger partial charge in [0, 0.05) is 18.8 Å². The molecule has 0 saturated heterocycles. The van der Waals surface area contributed by atoms with E-state index in [4.69, 9.17) is 15.9 Å². The van der Waals surface area contributed by atoms with Crippen molar-refractivity contribution in [1.29, 1.82) is 0 Å². The van der Waals surface area contributed by atoms with Crippen molar-refractivity contribution in [2.45, 2.75) is 26.5 Å². The Morgan fingerprint density at radius 2 is 2.14 bits per heavy atom.